The number of nitrogens with zero attached hydrogens (tertiary/aromatic N) is 1. The van der Waals surface area contributed by atoms with Crippen molar-refractivity contribution in [3.63, 3.8) is 0 Å². The van der Waals surface area contributed by atoms with Gasteiger partial charge >= 0.3 is 0 Å². The first-order valence-electron chi connectivity index (χ1n) is 6.40. The van der Waals surface area contributed by atoms with Crippen molar-refractivity contribution in [1.82, 2.24) is 0 Å². The Morgan fingerprint density at radius 2 is 2.05 bits per heavy atom. The molecule has 102 valence electrons. The van der Waals surface area contributed by atoms with Crippen molar-refractivity contribution in [2.24, 2.45) is 0 Å². The van der Waals surface area contributed by atoms with Crippen LogP contribution in [0.1, 0.15) is 21.5 Å². The van der Waals surface area contributed by atoms with Gasteiger partial charge in [0.1, 0.15) is 6.07 Å². The summed E-state index contributed by atoms with van der Waals surface area (Å²) in [4.78, 5) is 23.5. The Bertz CT molecular complexity index is 790. The first kappa shape index (κ1) is 12.9. The number of nitrogens with one attached hydrogen (secondary N) is 2. The predicted octanol–water partition coefficient (Wildman–Crippen LogP) is 2.31. The summed E-state index contributed by atoms with van der Waals surface area (Å²) < 4.78 is 0. The largest absolute Gasteiger partial charge is 0.326 e. The van der Waals surface area contributed by atoms with Crippen LogP contribution in [0, 0.1) is 11.3 Å². The molecule has 0 saturated heterocycles. The molecule has 2 aromatic rings. The quantitative estimate of drug-likeness (QED) is 0.883. The number of anilines is 2. The SMILES string of the molecule is N#Cc1ccccc1NC(=O)c1ccc2c(c1)CC(=O)N2. The molecule has 0 atom stereocenters. The third kappa shape index (κ3) is 2.47. The maximum Gasteiger partial charge on any atom is 0.255 e. The fourth-order valence-electron chi connectivity index (χ4n) is 2.25. The Hall–Kier alpha value is -3.13. The molecule has 1 aliphatic heterocycles. The molecule has 2 amide bonds. The van der Waals surface area contributed by atoms with Gasteiger partial charge in [-0.1, -0.05) is 12.1 Å². The van der Waals surface area contributed by atoms with Gasteiger partial charge in [0.25, 0.3) is 5.91 Å². The minimum atomic E-state index is -0.306. The lowest BCUT2D eigenvalue weighted by Crippen LogP contribution is -2.13. The number of hydrogen-bond acceptors (Lipinski definition) is 3. The highest BCUT2D eigenvalue weighted by molar-refractivity contribution is 6.06. The van der Waals surface area contributed by atoms with Gasteiger partial charge in [-0.3, -0.25) is 9.59 Å². The second kappa shape index (κ2) is 5.10. The molecule has 0 spiro atoms. The van der Waals surface area contributed by atoms with E-state index in [0.717, 1.165) is 11.3 Å². The molecule has 0 aromatic heterocycles. The van der Waals surface area contributed by atoms with Gasteiger partial charge in [0, 0.05) is 11.3 Å². The molecular formula is C16H11N3O2. The number of nitriles is 1. The van der Waals surface area contributed by atoms with Gasteiger partial charge in [-0.2, -0.15) is 5.26 Å². The Balaban J connectivity index is 1.85. The molecular weight excluding hydrogens is 266 g/mol. The molecule has 2 N–H and O–H groups in total. The smallest absolute Gasteiger partial charge is 0.255 e. The van der Waals surface area contributed by atoms with Crippen LogP contribution < -0.4 is 10.6 Å². The molecule has 0 saturated carbocycles. The molecule has 1 aliphatic rings. The summed E-state index contributed by atoms with van der Waals surface area (Å²) in [5.74, 6) is -0.378. The highest BCUT2D eigenvalue weighted by Crippen LogP contribution is 2.24. The van der Waals surface area contributed by atoms with Crippen LogP contribution >= 0.6 is 0 Å². The van der Waals surface area contributed by atoms with Crippen LogP contribution in [0.25, 0.3) is 0 Å². The lowest BCUT2D eigenvalue weighted by atomic mass is 10.1. The first-order valence-corrected chi connectivity index (χ1v) is 6.40. The molecule has 5 nitrogen and oxygen atoms in total. The molecule has 1 heterocycles. The highest BCUT2D eigenvalue weighted by Gasteiger charge is 2.19. The minimum absolute atomic E-state index is 0.0719. The topological polar surface area (TPSA) is 82.0 Å². The molecule has 5 heteroatoms. The van der Waals surface area contributed by atoms with Gasteiger partial charge < -0.3 is 10.6 Å². The van der Waals surface area contributed by atoms with Crippen molar-refractivity contribution in [3.05, 3.63) is 59.2 Å². The molecule has 2 aromatic carbocycles. The summed E-state index contributed by atoms with van der Waals surface area (Å²) in [6, 6.07) is 13.9. The normalized spacial score (nSPS) is 12.2. The van der Waals surface area contributed by atoms with Crippen molar-refractivity contribution in [1.29, 1.82) is 5.26 Å². The van der Waals surface area contributed by atoms with Gasteiger partial charge in [-0.15, -0.1) is 0 Å². The molecule has 3 rings (SSSR count). The van der Waals surface area contributed by atoms with Crippen LogP contribution in [0.3, 0.4) is 0 Å². The third-order valence-corrected chi connectivity index (χ3v) is 3.29. The molecule has 0 radical (unpaired) electrons. The van der Waals surface area contributed by atoms with Crippen molar-refractivity contribution < 1.29 is 9.59 Å². The zero-order valence-corrected chi connectivity index (χ0v) is 11.0. The first-order chi connectivity index (χ1) is 10.2. The molecule has 0 fully saturated rings. The fourth-order valence-corrected chi connectivity index (χ4v) is 2.25. The summed E-state index contributed by atoms with van der Waals surface area (Å²) in [6.07, 6.45) is 0.283. The Labute approximate surface area is 121 Å². The van der Waals surface area contributed by atoms with Crippen LogP contribution in [0.4, 0.5) is 11.4 Å². The van der Waals surface area contributed by atoms with Crippen LogP contribution in [0.15, 0.2) is 42.5 Å². The number of fused-ring (bicyclic) bond motifs is 1. The molecule has 21 heavy (non-hydrogen) atoms. The summed E-state index contributed by atoms with van der Waals surface area (Å²) in [5.41, 5.74) is 2.89. The van der Waals surface area contributed by atoms with E-state index in [0.29, 0.717) is 16.8 Å². The lowest BCUT2D eigenvalue weighted by molar-refractivity contribution is -0.115. The number of rotatable bonds is 2. The fraction of sp³-hybridized carbons (Fsp3) is 0.0625. The van der Waals surface area contributed by atoms with E-state index in [1.807, 2.05) is 6.07 Å². The lowest BCUT2D eigenvalue weighted by Gasteiger charge is -2.08. The number of carbonyl (C=O) groups is 2. The molecule has 0 unspecified atom stereocenters. The number of carbonyl (C=O) groups excluding carboxylic acids is 2. The second-order valence-electron chi connectivity index (χ2n) is 4.71. The summed E-state index contributed by atoms with van der Waals surface area (Å²) in [5, 5.41) is 14.4. The Morgan fingerprint density at radius 3 is 2.86 bits per heavy atom. The number of amides is 2. The number of benzene rings is 2. The zero-order chi connectivity index (χ0) is 14.8. The van der Waals surface area contributed by atoms with E-state index in [4.69, 9.17) is 5.26 Å². The zero-order valence-electron chi connectivity index (χ0n) is 11.0. The van der Waals surface area contributed by atoms with Gasteiger partial charge in [0.2, 0.25) is 5.91 Å². The molecule has 0 bridgehead atoms. The van der Waals surface area contributed by atoms with Crippen molar-refractivity contribution in [2.45, 2.75) is 6.42 Å². The van der Waals surface area contributed by atoms with Crippen molar-refractivity contribution >= 4 is 23.2 Å². The van der Waals surface area contributed by atoms with Crippen molar-refractivity contribution in [3.8, 4) is 6.07 Å². The average Bonchev–Trinajstić information content (AvgIpc) is 2.86. The van der Waals surface area contributed by atoms with Gasteiger partial charge in [0.05, 0.1) is 17.7 Å². The van der Waals surface area contributed by atoms with E-state index in [-0.39, 0.29) is 18.2 Å². The number of para-hydroxylation sites is 1. The van der Waals surface area contributed by atoms with Crippen LogP contribution in [-0.4, -0.2) is 11.8 Å². The van der Waals surface area contributed by atoms with Crippen LogP contribution in [0.5, 0.6) is 0 Å². The predicted molar refractivity (Wildman–Crippen MR) is 77.9 cm³/mol. The van der Waals surface area contributed by atoms with Crippen LogP contribution in [-0.2, 0) is 11.2 Å². The average molecular weight is 277 g/mol. The van der Waals surface area contributed by atoms with E-state index in [2.05, 4.69) is 10.6 Å². The van der Waals surface area contributed by atoms with Gasteiger partial charge in [-0.05, 0) is 35.9 Å². The van der Waals surface area contributed by atoms with E-state index in [1.165, 1.54) is 0 Å². The minimum Gasteiger partial charge on any atom is -0.326 e. The maximum atomic E-state index is 12.2. The monoisotopic (exact) mass is 277 g/mol. The Morgan fingerprint density at radius 1 is 1.24 bits per heavy atom. The van der Waals surface area contributed by atoms with E-state index < -0.39 is 0 Å². The highest BCUT2D eigenvalue weighted by atomic mass is 16.2. The summed E-state index contributed by atoms with van der Waals surface area (Å²) in [7, 11) is 0. The Kier molecular flexibility index (Phi) is 3.13. The van der Waals surface area contributed by atoms with Crippen LogP contribution in [0.2, 0.25) is 0 Å². The van der Waals surface area contributed by atoms with E-state index in [1.54, 1.807) is 42.5 Å². The van der Waals surface area contributed by atoms with Gasteiger partial charge in [-0.25, -0.2) is 0 Å². The number of hydrogen-bond donors (Lipinski definition) is 2. The second-order valence-corrected chi connectivity index (χ2v) is 4.71. The van der Waals surface area contributed by atoms with Crippen molar-refractivity contribution in [2.75, 3.05) is 10.6 Å². The summed E-state index contributed by atoms with van der Waals surface area (Å²) in [6.45, 7) is 0. The van der Waals surface area contributed by atoms with E-state index in [9.17, 15) is 9.59 Å². The van der Waals surface area contributed by atoms with Gasteiger partial charge in [0.15, 0.2) is 0 Å². The summed E-state index contributed by atoms with van der Waals surface area (Å²) >= 11 is 0. The third-order valence-electron chi connectivity index (χ3n) is 3.29. The standard InChI is InChI=1S/C16H11N3O2/c17-9-11-3-1-2-4-13(11)19-16(21)10-5-6-14-12(7-10)8-15(20)18-14/h1-7H,8H2,(H,18,20)(H,19,21). The molecule has 0 aliphatic carbocycles. The van der Waals surface area contributed by atoms with E-state index >= 15 is 0 Å². The maximum absolute atomic E-state index is 12.2.